The molecular formula is C42H53N3O7. The van der Waals surface area contributed by atoms with Crippen LogP contribution in [0.4, 0.5) is 4.79 Å². The maximum absolute atomic E-state index is 13.7. The molecule has 3 rings (SSSR count). The predicted molar refractivity (Wildman–Crippen MR) is 202 cm³/mol. The molecule has 3 aromatic rings. The number of esters is 1. The molecule has 52 heavy (non-hydrogen) atoms. The molecular weight excluding hydrogens is 658 g/mol. The van der Waals surface area contributed by atoms with Crippen molar-refractivity contribution in [1.82, 2.24) is 15.5 Å². The molecule has 0 saturated heterocycles. The van der Waals surface area contributed by atoms with Gasteiger partial charge in [0.2, 0.25) is 11.8 Å². The predicted octanol–water partition coefficient (Wildman–Crippen LogP) is 6.15. The second-order valence-corrected chi connectivity index (χ2v) is 12.7. The zero-order valence-electron chi connectivity index (χ0n) is 30.0. The maximum Gasteiger partial charge on any atom is 0.407 e. The van der Waals surface area contributed by atoms with Gasteiger partial charge in [-0.15, -0.1) is 13.2 Å². The third-order valence-corrected chi connectivity index (χ3v) is 8.53. The smallest absolute Gasteiger partial charge is 0.407 e. The molecule has 3 amide bonds. The Hall–Kier alpha value is -5.22. The molecule has 0 spiro atoms. The fourth-order valence-electron chi connectivity index (χ4n) is 5.70. The molecule has 0 aromatic heterocycles. The van der Waals surface area contributed by atoms with E-state index in [9.17, 15) is 24.3 Å². The Morgan fingerprint density at radius 2 is 1.37 bits per heavy atom. The van der Waals surface area contributed by atoms with Gasteiger partial charge in [0.1, 0.15) is 13.2 Å². The zero-order chi connectivity index (χ0) is 37.4. The van der Waals surface area contributed by atoms with Crippen LogP contribution in [0.25, 0.3) is 0 Å². The van der Waals surface area contributed by atoms with Crippen molar-refractivity contribution in [3.05, 3.63) is 133 Å². The second-order valence-electron chi connectivity index (χ2n) is 12.7. The van der Waals surface area contributed by atoms with E-state index in [1.165, 1.54) is 0 Å². The first-order valence-corrected chi connectivity index (χ1v) is 17.9. The van der Waals surface area contributed by atoms with Gasteiger partial charge in [-0.25, -0.2) is 4.79 Å². The van der Waals surface area contributed by atoms with Crippen LogP contribution in [0, 0.1) is 11.8 Å². The Labute approximate surface area is 307 Å². The van der Waals surface area contributed by atoms with E-state index in [2.05, 4.69) is 23.8 Å². The van der Waals surface area contributed by atoms with Crippen molar-refractivity contribution in [3.63, 3.8) is 0 Å². The van der Waals surface area contributed by atoms with Crippen LogP contribution in [0.5, 0.6) is 0 Å². The first-order valence-electron chi connectivity index (χ1n) is 17.9. The molecule has 0 radical (unpaired) electrons. The normalized spacial score (nSPS) is 12.4. The number of benzene rings is 3. The minimum absolute atomic E-state index is 0.0566. The molecule has 3 aromatic carbocycles. The third kappa shape index (κ3) is 15.8. The first-order chi connectivity index (χ1) is 25.3. The van der Waals surface area contributed by atoms with Crippen LogP contribution in [0.2, 0.25) is 0 Å². The highest BCUT2D eigenvalue weighted by Gasteiger charge is 2.27. The van der Waals surface area contributed by atoms with Crippen molar-refractivity contribution in [3.8, 4) is 0 Å². The summed E-state index contributed by atoms with van der Waals surface area (Å²) in [5, 5.41) is 15.4. The van der Waals surface area contributed by atoms with Gasteiger partial charge in [0.15, 0.2) is 0 Å². The topological polar surface area (TPSA) is 134 Å². The van der Waals surface area contributed by atoms with Crippen LogP contribution < -0.4 is 10.6 Å². The molecule has 0 fully saturated rings. The number of ether oxygens (including phenoxy) is 2. The molecule has 0 bridgehead atoms. The minimum Gasteiger partial charge on any atom is -0.463 e. The highest BCUT2D eigenvalue weighted by molar-refractivity contribution is 5.86. The Morgan fingerprint density at radius 3 is 1.98 bits per heavy atom. The zero-order valence-corrected chi connectivity index (χ0v) is 30.0. The summed E-state index contributed by atoms with van der Waals surface area (Å²) in [4.78, 5) is 54.1. The molecule has 0 aliphatic heterocycles. The summed E-state index contributed by atoms with van der Waals surface area (Å²) in [6.45, 7) is 8.32. The number of nitrogens with one attached hydrogen (secondary N) is 2. The van der Waals surface area contributed by atoms with Gasteiger partial charge in [0.05, 0.1) is 24.5 Å². The summed E-state index contributed by atoms with van der Waals surface area (Å²) in [6.07, 6.45) is 5.55. The standard InChI is InChI=1S/C42H53N3O7/c1-3-16-36(29-39(47)45(26-27-46)30-34-20-10-6-11-21-34)40(48)44-38(24-14-15-25-43-42(50)52-31-35-22-12-7-13-23-35)32-51-41(49)37(17-4-2)28-33-18-8-5-9-19-33/h3-13,18-23,36-38,46H,1-2,14-17,24-32H2,(H,43,50)(H,44,48). The van der Waals surface area contributed by atoms with Crippen molar-refractivity contribution < 1.29 is 33.8 Å². The number of aliphatic hydroxyl groups excluding tert-OH is 1. The summed E-state index contributed by atoms with van der Waals surface area (Å²) < 4.78 is 11.1. The van der Waals surface area contributed by atoms with Crippen LogP contribution in [-0.4, -0.2) is 66.2 Å². The third-order valence-electron chi connectivity index (χ3n) is 8.53. The number of carbonyl (C=O) groups excluding carboxylic acids is 4. The molecule has 10 nitrogen and oxygen atoms in total. The van der Waals surface area contributed by atoms with E-state index < -0.39 is 24.0 Å². The molecule has 3 unspecified atom stereocenters. The Bertz CT molecular complexity index is 1520. The van der Waals surface area contributed by atoms with Gasteiger partial charge in [-0.05, 0) is 55.2 Å². The van der Waals surface area contributed by atoms with E-state index in [4.69, 9.17) is 9.47 Å². The van der Waals surface area contributed by atoms with Crippen LogP contribution in [0.1, 0.15) is 55.2 Å². The summed E-state index contributed by atoms with van der Waals surface area (Å²) in [5.74, 6) is -2.15. The summed E-state index contributed by atoms with van der Waals surface area (Å²) in [7, 11) is 0. The maximum atomic E-state index is 13.7. The molecule has 0 saturated carbocycles. The molecule has 0 aliphatic rings. The quantitative estimate of drug-likeness (QED) is 0.0577. The molecule has 0 heterocycles. The van der Waals surface area contributed by atoms with Crippen molar-refractivity contribution in [2.75, 3.05) is 26.3 Å². The van der Waals surface area contributed by atoms with Gasteiger partial charge >= 0.3 is 12.1 Å². The largest absolute Gasteiger partial charge is 0.463 e. The van der Waals surface area contributed by atoms with Gasteiger partial charge in [-0.3, -0.25) is 14.4 Å². The Balaban J connectivity index is 1.62. The van der Waals surface area contributed by atoms with Crippen LogP contribution >= 0.6 is 0 Å². The lowest BCUT2D eigenvalue weighted by Crippen LogP contribution is -2.44. The van der Waals surface area contributed by atoms with Crippen molar-refractivity contribution in [2.45, 2.75) is 64.1 Å². The fourth-order valence-corrected chi connectivity index (χ4v) is 5.70. The Morgan fingerprint density at radius 1 is 0.769 bits per heavy atom. The SMILES string of the molecule is C=CCC(CC(=O)N(CCO)Cc1ccccc1)C(=O)NC(CCCCNC(=O)OCc1ccccc1)COC(=O)C(CC=C)Cc1ccccc1. The number of amides is 3. The van der Waals surface area contributed by atoms with Crippen LogP contribution in [0.15, 0.2) is 116 Å². The van der Waals surface area contributed by atoms with Crippen molar-refractivity contribution in [2.24, 2.45) is 11.8 Å². The highest BCUT2D eigenvalue weighted by Crippen LogP contribution is 2.18. The number of rotatable bonds is 24. The van der Waals surface area contributed by atoms with E-state index in [0.717, 1.165) is 16.7 Å². The lowest BCUT2D eigenvalue weighted by Gasteiger charge is -2.26. The van der Waals surface area contributed by atoms with E-state index in [1.54, 1.807) is 17.1 Å². The van der Waals surface area contributed by atoms with Crippen molar-refractivity contribution >= 4 is 23.9 Å². The first kappa shape index (κ1) is 41.2. The second kappa shape index (κ2) is 24.1. The molecule has 10 heteroatoms. The van der Waals surface area contributed by atoms with Gasteiger partial charge in [-0.1, -0.05) is 103 Å². The van der Waals surface area contributed by atoms with Gasteiger partial charge in [-0.2, -0.15) is 0 Å². The van der Waals surface area contributed by atoms with E-state index >= 15 is 0 Å². The van der Waals surface area contributed by atoms with Crippen LogP contribution in [0.3, 0.4) is 0 Å². The number of alkyl carbamates (subject to hydrolysis) is 1. The number of allylic oxidation sites excluding steroid dienone is 2. The number of hydrogen-bond acceptors (Lipinski definition) is 7. The van der Waals surface area contributed by atoms with E-state index in [1.807, 2.05) is 91.0 Å². The van der Waals surface area contributed by atoms with E-state index in [-0.39, 0.29) is 57.0 Å². The summed E-state index contributed by atoms with van der Waals surface area (Å²) in [5.41, 5.74) is 2.81. The van der Waals surface area contributed by atoms with Crippen molar-refractivity contribution in [1.29, 1.82) is 0 Å². The Kier molecular flexibility index (Phi) is 19.1. The molecule has 0 aliphatic carbocycles. The minimum atomic E-state index is -0.715. The number of aliphatic hydroxyl groups is 1. The highest BCUT2D eigenvalue weighted by atomic mass is 16.5. The number of unbranched alkanes of at least 4 members (excludes halogenated alkanes) is 1. The van der Waals surface area contributed by atoms with E-state index in [0.29, 0.717) is 45.2 Å². The molecule has 3 atom stereocenters. The monoisotopic (exact) mass is 711 g/mol. The fraction of sp³-hybridized carbons (Fsp3) is 0.381. The lowest BCUT2D eigenvalue weighted by molar-refractivity contribution is -0.150. The number of carbonyl (C=O) groups is 4. The summed E-state index contributed by atoms with van der Waals surface area (Å²) in [6, 6.07) is 28.0. The average Bonchev–Trinajstić information content (AvgIpc) is 3.16. The lowest BCUT2D eigenvalue weighted by atomic mass is 9.96. The number of hydrogen-bond donors (Lipinski definition) is 3. The van der Waals surface area contributed by atoms with Gasteiger partial charge in [0, 0.05) is 26.1 Å². The average molecular weight is 712 g/mol. The van der Waals surface area contributed by atoms with Crippen LogP contribution in [-0.2, 0) is 43.4 Å². The van der Waals surface area contributed by atoms with Gasteiger partial charge < -0.3 is 30.1 Å². The number of nitrogens with zero attached hydrogens (tertiary/aromatic N) is 1. The molecule has 3 N–H and O–H groups in total. The summed E-state index contributed by atoms with van der Waals surface area (Å²) >= 11 is 0. The van der Waals surface area contributed by atoms with Gasteiger partial charge in [0.25, 0.3) is 0 Å². The molecule has 278 valence electrons.